The number of imide groups is 1. The molecule has 5 nitrogen and oxygen atoms in total. The minimum atomic E-state index is -0.503. The van der Waals surface area contributed by atoms with Crippen LogP contribution in [0.4, 0.5) is 0 Å². The molecule has 1 aromatic carbocycles. The van der Waals surface area contributed by atoms with E-state index in [0.29, 0.717) is 38.3 Å². The predicted molar refractivity (Wildman–Crippen MR) is 115 cm³/mol. The number of furan rings is 1. The first-order valence-corrected chi connectivity index (χ1v) is 10.4. The minimum Gasteiger partial charge on any atom is -0.457 e. The predicted octanol–water partition coefficient (Wildman–Crippen LogP) is 5.79. The SMILES string of the molecule is CC1=C(C#N)C(=O)N(C2CCCC2)C(=O)/C1=C/c1ccc(-c2ccc(Cl)cc2Cl)o1. The Morgan fingerprint density at radius 3 is 2.53 bits per heavy atom. The van der Waals surface area contributed by atoms with Gasteiger partial charge in [0.15, 0.2) is 0 Å². The lowest BCUT2D eigenvalue weighted by molar-refractivity contribution is -0.143. The van der Waals surface area contributed by atoms with Crippen LogP contribution in [0.15, 0.2) is 51.5 Å². The third-order valence-electron chi connectivity index (χ3n) is 5.57. The molecule has 152 valence electrons. The Kier molecular flexibility index (Phi) is 5.55. The first-order chi connectivity index (χ1) is 14.4. The van der Waals surface area contributed by atoms with Crippen molar-refractivity contribution >= 4 is 41.1 Å². The van der Waals surface area contributed by atoms with Crippen LogP contribution in [0.1, 0.15) is 38.4 Å². The van der Waals surface area contributed by atoms with Crippen molar-refractivity contribution in [1.82, 2.24) is 4.90 Å². The highest BCUT2D eigenvalue weighted by Crippen LogP contribution is 2.35. The van der Waals surface area contributed by atoms with Crippen LogP contribution in [0, 0.1) is 11.3 Å². The van der Waals surface area contributed by atoms with Crippen LogP contribution in [0.5, 0.6) is 0 Å². The zero-order valence-electron chi connectivity index (χ0n) is 16.2. The molecular weight excluding hydrogens is 423 g/mol. The van der Waals surface area contributed by atoms with Gasteiger partial charge in [-0.25, -0.2) is 0 Å². The number of benzene rings is 1. The van der Waals surface area contributed by atoms with E-state index in [0.717, 1.165) is 25.7 Å². The van der Waals surface area contributed by atoms with Crippen LogP contribution in [-0.4, -0.2) is 22.8 Å². The van der Waals surface area contributed by atoms with Gasteiger partial charge in [-0.2, -0.15) is 5.26 Å². The molecule has 0 radical (unpaired) electrons. The Morgan fingerprint density at radius 2 is 1.87 bits per heavy atom. The molecule has 2 aromatic rings. The van der Waals surface area contributed by atoms with Crippen LogP contribution in [0.2, 0.25) is 10.0 Å². The fraction of sp³-hybridized carbons (Fsp3) is 0.261. The Labute approximate surface area is 184 Å². The van der Waals surface area contributed by atoms with Crippen molar-refractivity contribution in [1.29, 1.82) is 5.26 Å². The van der Waals surface area contributed by atoms with Crippen LogP contribution < -0.4 is 0 Å². The summed E-state index contributed by atoms with van der Waals surface area (Å²) in [5.41, 5.74) is 1.33. The third kappa shape index (κ3) is 3.58. The smallest absolute Gasteiger partial charge is 0.271 e. The molecule has 7 heteroatoms. The molecule has 4 rings (SSSR count). The second-order valence-corrected chi connectivity index (χ2v) is 8.26. The van der Waals surface area contributed by atoms with E-state index < -0.39 is 5.91 Å². The summed E-state index contributed by atoms with van der Waals surface area (Å²) in [5.74, 6) is 0.0670. The number of halogens is 2. The van der Waals surface area contributed by atoms with Gasteiger partial charge in [0, 0.05) is 22.2 Å². The second kappa shape index (κ2) is 8.14. The largest absolute Gasteiger partial charge is 0.457 e. The quantitative estimate of drug-likeness (QED) is 0.447. The molecule has 2 heterocycles. The van der Waals surface area contributed by atoms with Gasteiger partial charge in [0.25, 0.3) is 11.8 Å². The molecule has 1 aromatic heterocycles. The first-order valence-electron chi connectivity index (χ1n) is 9.67. The zero-order valence-corrected chi connectivity index (χ0v) is 17.8. The molecule has 1 aliphatic heterocycles. The van der Waals surface area contributed by atoms with Crippen molar-refractivity contribution in [2.75, 3.05) is 0 Å². The summed E-state index contributed by atoms with van der Waals surface area (Å²) >= 11 is 12.2. The number of carbonyl (C=O) groups excluding carboxylic acids is 2. The summed E-state index contributed by atoms with van der Waals surface area (Å²) in [6.07, 6.45) is 5.05. The van der Waals surface area contributed by atoms with E-state index in [1.807, 2.05) is 6.07 Å². The summed E-state index contributed by atoms with van der Waals surface area (Å²) in [6, 6.07) is 10.4. The molecule has 1 fully saturated rings. The van der Waals surface area contributed by atoms with E-state index in [2.05, 4.69) is 0 Å². The Bertz CT molecular complexity index is 1150. The summed E-state index contributed by atoms with van der Waals surface area (Å²) in [7, 11) is 0. The molecule has 1 saturated carbocycles. The molecule has 1 aliphatic carbocycles. The van der Waals surface area contributed by atoms with Crippen molar-refractivity contribution in [3.05, 3.63) is 62.9 Å². The summed E-state index contributed by atoms with van der Waals surface area (Å²) in [5, 5.41) is 10.5. The lowest BCUT2D eigenvalue weighted by Gasteiger charge is -2.31. The average molecular weight is 441 g/mol. The van der Waals surface area contributed by atoms with Gasteiger partial charge in [-0.1, -0.05) is 36.0 Å². The summed E-state index contributed by atoms with van der Waals surface area (Å²) in [6.45, 7) is 1.62. The molecule has 30 heavy (non-hydrogen) atoms. The standard InChI is InChI=1S/C23H18Cl2N2O3/c1-13-18(22(28)27(15-4-2-3-5-15)23(29)19(13)12-26)11-16-7-9-21(30-16)17-8-6-14(24)10-20(17)25/h6-11,15H,2-5H2,1H3/b18-11+. The van der Waals surface area contributed by atoms with Crippen LogP contribution >= 0.6 is 23.2 Å². The number of amides is 2. The topological polar surface area (TPSA) is 74.3 Å². The Morgan fingerprint density at radius 1 is 1.13 bits per heavy atom. The molecule has 0 saturated heterocycles. The van der Waals surface area contributed by atoms with E-state index in [-0.39, 0.29) is 17.5 Å². The van der Waals surface area contributed by atoms with Crippen LogP contribution in [-0.2, 0) is 9.59 Å². The normalized spacial score (nSPS) is 19.1. The maximum absolute atomic E-state index is 13.2. The summed E-state index contributed by atoms with van der Waals surface area (Å²) < 4.78 is 5.88. The fourth-order valence-electron chi connectivity index (χ4n) is 4.00. The maximum atomic E-state index is 13.2. The molecule has 0 spiro atoms. The highest BCUT2D eigenvalue weighted by atomic mass is 35.5. The van der Waals surface area contributed by atoms with E-state index in [1.54, 1.807) is 43.3 Å². The van der Waals surface area contributed by atoms with E-state index in [9.17, 15) is 14.9 Å². The number of hydrogen-bond donors (Lipinski definition) is 0. The number of carbonyl (C=O) groups is 2. The van der Waals surface area contributed by atoms with Gasteiger partial charge in [-0.15, -0.1) is 0 Å². The molecule has 0 N–H and O–H groups in total. The molecule has 0 bridgehead atoms. The number of nitriles is 1. The molecule has 2 aliphatic rings. The van der Waals surface area contributed by atoms with Gasteiger partial charge in [-0.3, -0.25) is 14.5 Å². The lowest BCUT2D eigenvalue weighted by Crippen LogP contribution is -2.47. The number of nitrogens with zero attached hydrogens (tertiary/aromatic N) is 2. The highest BCUT2D eigenvalue weighted by molar-refractivity contribution is 6.36. The van der Waals surface area contributed by atoms with Gasteiger partial charge >= 0.3 is 0 Å². The van der Waals surface area contributed by atoms with Crippen LogP contribution in [0.25, 0.3) is 17.4 Å². The van der Waals surface area contributed by atoms with E-state index in [1.165, 1.54) is 4.90 Å². The first kappa shape index (κ1) is 20.5. The van der Waals surface area contributed by atoms with Gasteiger partial charge in [0.1, 0.15) is 23.2 Å². The monoisotopic (exact) mass is 440 g/mol. The number of rotatable bonds is 3. The van der Waals surface area contributed by atoms with Crippen LogP contribution in [0.3, 0.4) is 0 Å². The van der Waals surface area contributed by atoms with Gasteiger partial charge in [0.05, 0.1) is 5.02 Å². The molecule has 0 unspecified atom stereocenters. The van der Waals surface area contributed by atoms with Crippen molar-refractivity contribution in [2.24, 2.45) is 0 Å². The number of hydrogen-bond acceptors (Lipinski definition) is 4. The molecular formula is C23H18Cl2N2O3. The maximum Gasteiger partial charge on any atom is 0.271 e. The zero-order chi connectivity index (χ0) is 21.4. The Hall–Kier alpha value is -2.81. The average Bonchev–Trinajstić information content (AvgIpc) is 3.38. The Balaban J connectivity index is 1.74. The van der Waals surface area contributed by atoms with Crippen molar-refractivity contribution < 1.29 is 14.0 Å². The van der Waals surface area contributed by atoms with E-state index in [4.69, 9.17) is 27.6 Å². The van der Waals surface area contributed by atoms with Crippen molar-refractivity contribution in [2.45, 2.75) is 38.6 Å². The fourth-order valence-corrected chi connectivity index (χ4v) is 4.50. The van der Waals surface area contributed by atoms with Gasteiger partial charge in [0.2, 0.25) is 0 Å². The second-order valence-electron chi connectivity index (χ2n) is 7.41. The van der Waals surface area contributed by atoms with Crippen molar-refractivity contribution in [3.63, 3.8) is 0 Å². The third-order valence-corrected chi connectivity index (χ3v) is 6.12. The molecule has 2 amide bonds. The van der Waals surface area contributed by atoms with Gasteiger partial charge in [-0.05, 0) is 61.7 Å². The minimum absolute atomic E-state index is 0.000255. The highest BCUT2D eigenvalue weighted by Gasteiger charge is 2.40. The van der Waals surface area contributed by atoms with E-state index >= 15 is 0 Å². The van der Waals surface area contributed by atoms with Crippen molar-refractivity contribution in [3.8, 4) is 17.4 Å². The van der Waals surface area contributed by atoms with Gasteiger partial charge < -0.3 is 4.42 Å². The summed E-state index contributed by atoms with van der Waals surface area (Å²) in [4.78, 5) is 27.2. The lowest BCUT2D eigenvalue weighted by atomic mass is 9.93. The molecule has 0 atom stereocenters.